The molecule has 27 heavy (non-hydrogen) atoms. The Bertz CT molecular complexity index is 1010. The number of aromatic nitrogens is 2. The van der Waals surface area contributed by atoms with Gasteiger partial charge in [0.25, 0.3) is 5.91 Å². The van der Waals surface area contributed by atoms with Crippen LogP contribution in [0.25, 0.3) is 0 Å². The number of carbonyl (C=O) groups excluding carboxylic acids is 1. The highest BCUT2D eigenvalue weighted by atomic mass is 35.5. The van der Waals surface area contributed by atoms with E-state index in [2.05, 4.69) is 10.4 Å². The minimum absolute atomic E-state index is 0.149. The number of rotatable bonds is 4. The summed E-state index contributed by atoms with van der Waals surface area (Å²) in [6.45, 7) is 3.69. The molecule has 4 nitrogen and oxygen atoms in total. The Morgan fingerprint density at radius 1 is 1.15 bits per heavy atom. The third kappa shape index (κ3) is 4.10. The van der Waals surface area contributed by atoms with Crippen LogP contribution in [0, 0.1) is 19.7 Å². The summed E-state index contributed by atoms with van der Waals surface area (Å²) in [6.07, 6.45) is 0. The maximum Gasteiger partial charge on any atom is 0.257 e. The minimum Gasteiger partial charge on any atom is -0.319 e. The first-order valence-corrected chi connectivity index (χ1v) is 9.14. The first kappa shape index (κ1) is 19.7. The van der Waals surface area contributed by atoms with Gasteiger partial charge in [0.2, 0.25) is 0 Å². The van der Waals surface area contributed by atoms with Crippen LogP contribution in [0.15, 0.2) is 36.4 Å². The van der Waals surface area contributed by atoms with Crippen molar-refractivity contribution in [1.29, 1.82) is 0 Å². The molecule has 0 aliphatic heterocycles. The summed E-state index contributed by atoms with van der Waals surface area (Å²) in [5, 5.41) is 8.22. The lowest BCUT2D eigenvalue weighted by Crippen LogP contribution is -2.14. The van der Waals surface area contributed by atoms with E-state index < -0.39 is 5.82 Å². The summed E-state index contributed by atoms with van der Waals surface area (Å²) < 4.78 is 15.7. The second kappa shape index (κ2) is 7.89. The predicted molar refractivity (Wildman–Crippen MR) is 107 cm³/mol. The molecule has 3 aromatic rings. The molecule has 0 radical (unpaired) electrons. The molecule has 0 saturated heterocycles. The van der Waals surface area contributed by atoms with E-state index >= 15 is 0 Å². The average molecular weight is 427 g/mol. The fourth-order valence-corrected chi connectivity index (χ4v) is 3.44. The Morgan fingerprint density at radius 2 is 1.89 bits per heavy atom. The van der Waals surface area contributed by atoms with E-state index in [4.69, 9.17) is 34.8 Å². The maximum atomic E-state index is 14.1. The third-order valence-electron chi connectivity index (χ3n) is 4.17. The zero-order valence-electron chi connectivity index (χ0n) is 14.5. The number of nitrogens with one attached hydrogen (secondary N) is 1. The smallest absolute Gasteiger partial charge is 0.257 e. The number of hydrogen-bond acceptors (Lipinski definition) is 2. The van der Waals surface area contributed by atoms with Crippen LogP contribution in [-0.4, -0.2) is 15.7 Å². The molecule has 140 valence electrons. The van der Waals surface area contributed by atoms with Gasteiger partial charge in [-0.25, -0.2) is 4.39 Å². The van der Waals surface area contributed by atoms with Gasteiger partial charge in [-0.2, -0.15) is 5.10 Å². The summed E-state index contributed by atoms with van der Waals surface area (Å²) in [5.74, 6) is -0.792. The van der Waals surface area contributed by atoms with Crippen LogP contribution >= 0.6 is 34.8 Å². The van der Waals surface area contributed by atoms with Crippen LogP contribution < -0.4 is 5.32 Å². The van der Waals surface area contributed by atoms with Crippen molar-refractivity contribution in [2.75, 3.05) is 5.32 Å². The topological polar surface area (TPSA) is 46.9 Å². The molecule has 0 unspecified atom stereocenters. The van der Waals surface area contributed by atoms with Gasteiger partial charge >= 0.3 is 0 Å². The molecule has 0 bridgehead atoms. The third-order valence-corrected chi connectivity index (χ3v) is 5.07. The average Bonchev–Trinajstić information content (AvgIpc) is 2.85. The molecule has 8 heteroatoms. The number of anilines is 1. The van der Waals surface area contributed by atoms with Crippen LogP contribution in [0.2, 0.25) is 15.1 Å². The molecular weight excluding hydrogens is 412 g/mol. The van der Waals surface area contributed by atoms with E-state index in [9.17, 15) is 9.18 Å². The zero-order valence-corrected chi connectivity index (χ0v) is 16.8. The molecule has 2 aromatic carbocycles. The van der Waals surface area contributed by atoms with Gasteiger partial charge in [-0.1, -0.05) is 40.9 Å². The van der Waals surface area contributed by atoms with Crippen molar-refractivity contribution in [2.24, 2.45) is 0 Å². The normalized spacial score (nSPS) is 10.9. The van der Waals surface area contributed by atoms with Gasteiger partial charge < -0.3 is 5.32 Å². The highest BCUT2D eigenvalue weighted by molar-refractivity contribution is 6.37. The SMILES string of the molecule is Cc1nn(Cc2c(F)cccc2Cl)c(C)c1NC(=O)c1ccc(Cl)cc1Cl. The molecule has 0 atom stereocenters. The molecule has 0 saturated carbocycles. The quantitative estimate of drug-likeness (QED) is 0.564. The summed E-state index contributed by atoms with van der Waals surface area (Å²) in [6, 6.07) is 9.15. The number of halogens is 4. The number of benzene rings is 2. The van der Waals surface area contributed by atoms with E-state index in [0.29, 0.717) is 38.2 Å². The summed E-state index contributed by atoms with van der Waals surface area (Å²) >= 11 is 18.1. The Labute approximate surface area is 170 Å². The van der Waals surface area contributed by atoms with Gasteiger partial charge in [0, 0.05) is 15.6 Å². The molecule has 0 aliphatic rings. The number of amides is 1. The monoisotopic (exact) mass is 425 g/mol. The van der Waals surface area contributed by atoms with Crippen molar-refractivity contribution < 1.29 is 9.18 Å². The molecule has 0 fully saturated rings. The molecular formula is C19H15Cl3FN3O. The molecule has 1 aromatic heterocycles. The molecule has 3 rings (SSSR count). The lowest BCUT2D eigenvalue weighted by molar-refractivity contribution is 0.102. The van der Waals surface area contributed by atoms with Crippen molar-refractivity contribution in [2.45, 2.75) is 20.4 Å². The lowest BCUT2D eigenvalue weighted by Gasteiger charge is -2.10. The highest BCUT2D eigenvalue weighted by Gasteiger charge is 2.18. The number of nitrogens with zero attached hydrogens (tertiary/aromatic N) is 2. The first-order valence-electron chi connectivity index (χ1n) is 8.01. The van der Waals surface area contributed by atoms with E-state index in [-0.39, 0.29) is 17.5 Å². The molecule has 1 amide bonds. The first-order chi connectivity index (χ1) is 12.8. The number of aryl methyl sites for hydroxylation is 1. The molecule has 1 heterocycles. The fraction of sp³-hybridized carbons (Fsp3) is 0.158. The lowest BCUT2D eigenvalue weighted by atomic mass is 10.2. The number of hydrogen-bond donors (Lipinski definition) is 1. The van der Waals surface area contributed by atoms with E-state index in [0.717, 1.165) is 0 Å². The van der Waals surface area contributed by atoms with E-state index in [1.165, 1.54) is 12.1 Å². The van der Waals surface area contributed by atoms with Gasteiger partial charge in [-0.15, -0.1) is 0 Å². The Balaban J connectivity index is 1.89. The predicted octanol–water partition coefficient (Wildman–Crippen LogP) is 5.90. The summed E-state index contributed by atoms with van der Waals surface area (Å²) in [7, 11) is 0. The zero-order chi connectivity index (χ0) is 19.7. The second-order valence-electron chi connectivity index (χ2n) is 5.98. The van der Waals surface area contributed by atoms with E-state index in [1.54, 1.807) is 42.8 Å². The van der Waals surface area contributed by atoms with Gasteiger partial charge in [0.1, 0.15) is 5.82 Å². The second-order valence-corrected chi connectivity index (χ2v) is 7.23. The standard InChI is InChI=1S/C19H15Cl3FN3O/c1-10-18(24-19(27)13-7-6-12(20)8-16(13)22)11(2)26(25-10)9-14-15(21)4-3-5-17(14)23/h3-8H,9H2,1-2H3,(H,24,27). The van der Waals surface area contributed by atoms with Crippen molar-refractivity contribution in [3.63, 3.8) is 0 Å². The van der Waals surface area contributed by atoms with Crippen molar-refractivity contribution in [1.82, 2.24) is 9.78 Å². The largest absolute Gasteiger partial charge is 0.319 e. The van der Waals surface area contributed by atoms with Crippen molar-refractivity contribution in [3.05, 3.63) is 79.8 Å². The van der Waals surface area contributed by atoms with Gasteiger partial charge in [0.15, 0.2) is 0 Å². The molecule has 0 spiro atoms. The van der Waals surface area contributed by atoms with Crippen molar-refractivity contribution in [3.8, 4) is 0 Å². The van der Waals surface area contributed by atoms with Gasteiger partial charge in [0.05, 0.1) is 34.2 Å². The highest BCUT2D eigenvalue weighted by Crippen LogP contribution is 2.26. The molecule has 0 aliphatic carbocycles. The maximum absolute atomic E-state index is 14.1. The van der Waals surface area contributed by atoms with Crippen LogP contribution in [0.4, 0.5) is 10.1 Å². The van der Waals surface area contributed by atoms with Crippen LogP contribution in [0.5, 0.6) is 0 Å². The van der Waals surface area contributed by atoms with Gasteiger partial charge in [-0.05, 0) is 44.2 Å². The summed E-state index contributed by atoms with van der Waals surface area (Å²) in [5.41, 5.74) is 2.44. The molecule has 1 N–H and O–H groups in total. The Morgan fingerprint density at radius 3 is 2.56 bits per heavy atom. The Hall–Kier alpha value is -2.08. The Kier molecular flexibility index (Phi) is 5.75. The fourth-order valence-electron chi connectivity index (χ4n) is 2.72. The van der Waals surface area contributed by atoms with Crippen LogP contribution in [-0.2, 0) is 6.54 Å². The van der Waals surface area contributed by atoms with E-state index in [1.807, 2.05) is 0 Å². The summed E-state index contributed by atoms with van der Waals surface area (Å²) in [4.78, 5) is 12.6. The van der Waals surface area contributed by atoms with Gasteiger partial charge in [-0.3, -0.25) is 9.48 Å². The van der Waals surface area contributed by atoms with Crippen LogP contribution in [0.1, 0.15) is 27.3 Å². The minimum atomic E-state index is -0.409. The van der Waals surface area contributed by atoms with Crippen LogP contribution in [0.3, 0.4) is 0 Å². The van der Waals surface area contributed by atoms with Crippen molar-refractivity contribution >= 4 is 46.4 Å². The number of carbonyl (C=O) groups is 1.